The molecule has 1 aliphatic rings. The number of para-hydroxylation sites is 2. The van der Waals surface area contributed by atoms with Crippen molar-refractivity contribution in [1.82, 2.24) is 9.80 Å². The Balaban J connectivity index is 1.95. The van der Waals surface area contributed by atoms with Gasteiger partial charge in [0, 0.05) is 26.2 Å². The van der Waals surface area contributed by atoms with Gasteiger partial charge in [-0.1, -0.05) is 12.1 Å². The zero-order valence-corrected chi connectivity index (χ0v) is 12.3. The minimum absolute atomic E-state index is 0.0774. The molecule has 2 rings (SSSR count). The van der Waals surface area contributed by atoms with Gasteiger partial charge in [0.05, 0.1) is 7.11 Å². The molecule has 0 unspecified atom stereocenters. The second-order valence-electron chi connectivity index (χ2n) is 4.88. The van der Waals surface area contributed by atoms with Crippen molar-refractivity contribution in [3.05, 3.63) is 24.3 Å². The van der Waals surface area contributed by atoms with Crippen LogP contribution in [0, 0.1) is 0 Å². The fourth-order valence-electron chi connectivity index (χ4n) is 2.26. The van der Waals surface area contributed by atoms with E-state index in [0.29, 0.717) is 37.7 Å². The van der Waals surface area contributed by atoms with E-state index in [0.717, 1.165) is 6.41 Å². The first-order chi connectivity index (χ1) is 10.2. The fraction of sp³-hybridized carbons (Fsp3) is 0.467. The van der Waals surface area contributed by atoms with Crippen LogP contribution in [0.1, 0.15) is 6.92 Å². The lowest BCUT2D eigenvalue weighted by Crippen LogP contribution is -2.51. The van der Waals surface area contributed by atoms with E-state index in [2.05, 4.69) is 0 Å². The Morgan fingerprint density at radius 3 is 2.38 bits per heavy atom. The number of hydrogen-bond donors (Lipinski definition) is 0. The van der Waals surface area contributed by atoms with Crippen LogP contribution in [0.3, 0.4) is 0 Å². The van der Waals surface area contributed by atoms with Crippen LogP contribution in [0.5, 0.6) is 11.5 Å². The van der Waals surface area contributed by atoms with Crippen molar-refractivity contribution in [2.24, 2.45) is 0 Å². The third kappa shape index (κ3) is 3.65. The summed E-state index contributed by atoms with van der Waals surface area (Å²) in [6, 6.07) is 7.23. The molecule has 1 aliphatic heterocycles. The fourth-order valence-corrected chi connectivity index (χ4v) is 2.26. The third-order valence-electron chi connectivity index (χ3n) is 3.50. The minimum Gasteiger partial charge on any atom is -0.493 e. The molecule has 6 heteroatoms. The van der Waals surface area contributed by atoms with Crippen molar-refractivity contribution in [1.29, 1.82) is 0 Å². The highest BCUT2D eigenvalue weighted by atomic mass is 16.5. The number of rotatable bonds is 5. The molecule has 114 valence electrons. The Labute approximate surface area is 124 Å². The van der Waals surface area contributed by atoms with Gasteiger partial charge in [0.2, 0.25) is 6.41 Å². The van der Waals surface area contributed by atoms with Gasteiger partial charge >= 0.3 is 0 Å². The van der Waals surface area contributed by atoms with E-state index < -0.39 is 6.10 Å². The molecule has 1 aromatic carbocycles. The summed E-state index contributed by atoms with van der Waals surface area (Å²) < 4.78 is 10.9. The lowest BCUT2D eigenvalue weighted by Gasteiger charge is -2.34. The van der Waals surface area contributed by atoms with Crippen LogP contribution in [0.25, 0.3) is 0 Å². The number of carbonyl (C=O) groups excluding carboxylic acids is 2. The van der Waals surface area contributed by atoms with Gasteiger partial charge in [-0.3, -0.25) is 9.59 Å². The molecule has 1 saturated heterocycles. The topological polar surface area (TPSA) is 59.1 Å². The SMILES string of the molecule is COc1ccccc1O[C@@H](C)C(=O)N1CCN(C=O)CC1. The third-order valence-corrected chi connectivity index (χ3v) is 3.50. The minimum atomic E-state index is -0.593. The summed E-state index contributed by atoms with van der Waals surface area (Å²) in [4.78, 5) is 26.4. The van der Waals surface area contributed by atoms with Crippen molar-refractivity contribution in [2.45, 2.75) is 13.0 Å². The normalized spacial score (nSPS) is 16.3. The summed E-state index contributed by atoms with van der Waals surface area (Å²) in [6.07, 6.45) is 0.223. The van der Waals surface area contributed by atoms with Gasteiger partial charge in [-0.25, -0.2) is 0 Å². The predicted octanol–water partition coefficient (Wildman–Crippen LogP) is 0.763. The van der Waals surface area contributed by atoms with Crippen molar-refractivity contribution in [2.75, 3.05) is 33.3 Å². The van der Waals surface area contributed by atoms with Gasteiger partial charge in [-0.05, 0) is 19.1 Å². The number of amides is 2. The van der Waals surface area contributed by atoms with Crippen LogP contribution in [0.2, 0.25) is 0 Å². The van der Waals surface area contributed by atoms with E-state index >= 15 is 0 Å². The maximum Gasteiger partial charge on any atom is 0.263 e. The number of nitrogens with zero attached hydrogens (tertiary/aromatic N) is 2. The van der Waals surface area contributed by atoms with Gasteiger partial charge in [-0.2, -0.15) is 0 Å². The lowest BCUT2D eigenvalue weighted by atomic mass is 10.2. The molecule has 2 amide bonds. The van der Waals surface area contributed by atoms with Gasteiger partial charge in [0.15, 0.2) is 17.6 Å². The van der Waals surface area contributed by atoms with E-state index in [9.17, 15) is 9.59 Å². The first kappa shape index (κ1) is 15.2. The Bertz CT molecular complexity index is 498. The second kappa shape index (κ2) is 6.97. The van der Waals surface area contributed by atoms with Crippen LogP contribution in [-0.4, -0.2) is 61.5 Å². The molecular weight excluding hydrogens is 272 g/mol. The molecule has 1 atom stereocenters. The second-order valence-corrected chi connectivity index (χ2v) is 4.88. The molecule has 0 bridgehead atoms. The van der Waals surface area contributed by atoms with E-state index in [4.69, 9.17) is 9.47 Å². The van der Waals surface area contributed by atoms with Crippen LogP contribution in [0.4, 0.5) is 0 Å². The highest BCUT2D eigenvalue weighted by Crippen LogP contribution is 2.27. The zero-order valence-electron chi connectivity index (χ0n) is 12.3. The standard InChI is InChI=1S/C15H20N2O4/c1-12(21-14-6-4-3-5-13(14)20-2)15(19)17-9-7-16(11-18)8-10-17/h3-6,11-12H,7-10H2,1-2H3/t12-/m0/s1. The quantitative estimate of drug-likeness (QED) is 0.752. The van der Waals surface area contributed by atoms with Gasteiger partial charge in [0.25, 0.3) is 5.91 Å². The Kier molecular flexibility index (Phi) is 5.03. The molecule has 0 aliphatic carbocycles. The number of methoxy groups -OCH3 is 1. The van der Waals surface area contributed by atoms with Gasteiger partial charge in [-0.15, -0.1) is 0 Å². The van der Waals surface area contributed by atoms with Crippen LogP contribution in [-0.2, 0) is 9.59 Å². The zero-order chi connectivity index (χ0) is 15.2. The maximum atomic E-state index is 12.4. The molecule has 0 saturated carbocycles. The van der Waals surface area contributed by atoms with Crippen LogP contribution in [0.15, 0.2) is 24.3 Å². The van der Waals surface area contributed by atoms with Crippen molar-refractivity contribution >= 4 is 12.3 Å². The average Bonchev–Trinajstić information content (AvgIpc) is 2.54. The molecule has 1 heterocycles. The Morgan fingerprint density at radius 1 is 1.19 bits per heavy atom. The predicted molar refractivity (Wildman–Crippen MR) is 77.3 cm³/mol. The largest absolute Gasteiger partial charge is 0.493 e. The van der Waals surface area contributed by atoms with E-state index in [1.165, 1.54) is 0 Å². The molecule has 0 aromatic heterocycles. The Hall–Kier alpha value is -2.24. The lowest BCUT2D eigenvalue weighted by molar-refractivity contribution is -0.141. The number of benzene rings is 1. The van der Waals surface area contributed by atoms with E-state index in [1.54, 1.807) is 36.0 Å². The Morgan fingerprint density at radius 2 is 1.81 bits per heavy atom. The van der Waals surface area contributed by atoms with E-state index in [-0.39, 0.29) is 5.91 Å². The van der Waals surface area contributed by atoms with Crippen molar-refractivity contribution in [3.8, 4) is 11.5 Å². The summed E-state index contributed by atoms with van der Waals surface area (Å²) >= 11 is 0. The van der Waals surface area contributed by atoms with Gasteiger partial charge in [0.1, 0.15) is 0 Å². The summed E-state index contributed by atoms with van der Waals surface area (Å²) in [5.41, 5.74) is 0. The first-order valence-electron chi connectivity index (χ1n) is 6.93. The van der Waals surface area contributed by atoms with Crippen LogP contribution >= 0.6 is 0 Å². The monoisotopic (exact) mass is 292 g/mol. The molecule has 1 aromatic rings. The summed E-state index contributed by atoms with van der Waals surface area (Å²) in [6.45, 7) is 3.93. The molecule has 21 heavy (non-hydrogen) atoms. The summed E-state index contributed by atoms with van der Waals surface area (Å²) in [7, 11) is 1.56. The molecular formula is C15H20N2O4. The average molecular weight is 292 g/mol. The van der Waals surface area contributed by atoms with E-state index in [1.807, 2.05) is 12.1 Å². The van der Waals surface area contributed by atoms with Gasteiger partial charge < -0.3 is 19.3 Å². The highest BCUT2D eigenvalue weighted by molar-refractivity contribution is 5.81. The smallest absolute Gasteiger partial charge is 0.263 e. The van der Waals surface area contributed by atoms with Crippen molar-refractivity contribution in [3.63, 3.8) is 0 Å². The number of carbonyl (C=O) groups is 2. The number of ether oxygens (including phenoxy) is 2. The summed E-state index contributed by atoms with van der Waals surface area (Å²) in [5, 5.41) is 0. The molecule has 0 radical (unpaired) electrons. The highest BCUT2D eigenvalue weighted by Gasteiger charge is 2.26. The van der Waals surface area contributed by atoms with Crippen LogP contribution < -0.4 is 9.47 Å². The number of hydrogen-bond acceptors (Lipinski definition) is 4. The molecule has 1 fully saturated rings. The first-order valence-corrected chi connectivity index (χ1v) is 6.93. The number of piperazine rings is 1. The van der Waals surface area contributed by atoms with Crippen molar-refractivity contribution < 1.29 is 19.1 Å². The summed E-state index contributed by atoms with van der Waals surface area (Å²) in [5.74, 6) is 1.07. The molecule has 0 N–H and O–H groups in total. The maximum absolute atomic E-state index is 12.4. The molecule has 0 spiro atoms. The molecule has 6 nitrogen and oxygen atoms in total.